The third-order valence-corrected chi connectivity index (χ3v) is 2.34. The van der Waals surface area contributed by atoms with Crippen molar-refractivity contribution >= 4 is 12.0 Å². The molecular weight excluding hydrogens is 176 g/mol. The minimum Gasteiger partial charge on any atom is -0.384 e. The first kappa shape index (κ1) is 8.81. The van der Waals surface area contributed by atoms with Crippen molar-refractivity contribution in [3.05, 3.63) is 41.6 Å². The highest BCUT2D eigenvalue weighted by Crippen LogP contribution is 2.25. The number of amides is 1. The molecular formula is C11H12N2O. The third-order valence-electron chi connectivity index (χ3n) is 2.34. The number of hydrogen-bond acceptors (Lipinski definition) is 2. The summed E-state index contributed by atoms with van der Waals surface area (Å²) in [5.74, 6) is -0.285. The van der Waals surface area contributed by atoms with Crippen LogP contribution in [0.25, 0.3) is 6.08 Å². The normalized spacial score (nSPS) is 18.4. The molecule has 72 valence electrons. The van der Waals surface area contributed by atoms with Gasteiger partial charge in [0.05, 0.1) is 12.5 Å². The average Bonchev–Trinajstić information content (AvgIpc) is 2.18. The maximum Gasteiger partial charge on any atom is 0.219 e. The van der Waals surface area contributed by atoms with Crippen LogP contribution in [0.1, 0.15) is 23.6 Å². The predicted octanol–water partition coefficient (Wildman–Crippen LogP) is 1.18. The minimum atomic E-state index is -0.285. The highest BCUT2D eigenvalue weighted by atomic mass is 16.1. The van der Waals surface area contributed by atoms with Gasteiger partial charge in [-0.1, -0.05) is 24.3 Å². The van der Waals surface area contributed by atoms with Crippen LogP contribution >= 0.6 is 0 Å². The molecule has 0 fully saturated rings. The lowest BCUT2D eigenvalue weighted by molar-refractivity contribution is -0.118. The summed E-state index contributed by atoms with van der Waals surface area (Å²) in [5, 5.41) is 3.13. The molecule has 1 heterocycles. The topological polar surface area (TPSA) is 55.1 Å². The van der Waals surface area contributed by atoms with Gasteiger partial charge in [-0.2, -0.15) is 0 Å². The molecule has 2 rings (SSSR count). The Labute approximate surface area is 82.6 Å². The van der Waals surface area contributed by atoms with E-state index in [9.17, 15) is 4.79 Å². The molecule has 1 unspecified atom stereocenters. The Balaban J connectivity index is 2.31. The second-order valence-electron chi connectivity index (χ2n) is 3.35. The third kappa shape index (κ3) is 1.62. The van der Waals surface area contributed by atoms with Crippen molar-refractivity contribution in [2.75, 3.05) is 0 Å². The van der Waals surface area contributed by atoms with Gasteiger partial charge < -0.3 is 11.1 Å². The summed E-state index contributed by atoms with van der Waals surface area (Å²) in [6, 6.07) is 8.01. The highest BCUT2D eigenvalue weighted by molar-refractivity contribution is 5.75. The van der Waals surface area contributed by atoms with Gasteiger partial charge in [0.25, 0.3) is 0 Å². The first-order chi connectivity index (χ1) is 6.77. The molecule has 1 aromatic rings. The highest BCUT2D eigenvalue weighted by Gasteiger charge is 2.17. The van der Waals surface area contributed by atoms with E-state index in [1.165, 1.54) is 0 Å². The zero-order chi connectivity index (χ0) is 9.97. The molecule has 3 heteroatoms. The Morgan fingerprint density at radius 2 is 2.21 bits per heavy atom. The molecule has 0 spiro atoms. The van der Waals surface area contributed by atoms with Crippen LogP contribution in [0.3, 0.4) is 0 Å². The first-order valence-corrected chi connectivity index (χ1v) is 4.57. The van der Waals surface area contributed by atoms with E-state index in [1.807, 2.05) is 36.5 Å². The number of nitrogens with one attached hydrogen (secondary N) is 1. The van der Waals surface area contributed by atoms with Gasteiger partial charge in [0.15, 0.2) is 0 Å². The number of nitrogens with two attached hydrogens (primary N) is 1. The van der Waals surface area contributed by atoms with Gasteiger partial charge in [-0.15, -0.1) is 0 Å². The van der Waals surface area contributed by atoms with Crippen LogP contribution < -0.4 is 11.1 Å². The van der Waals surface area contributed by atoms with E-state index in [0.29, 0.717) is 6.42 Å². The lowest BCUT2D eigenvalue weighted by Gasteiger charge is -2.22. The molecule has 0 saturated carbocycles. The zero-order valence-electron chi connectivity index (χ0n) is 7.73. The molecule has 3 nitrogen and oxygen atoms in total. The van der Waals surface area contributed by atoms with E-state index in [0.717, 1.165) is 11.1 Å². The van der Waals surface area contributed by atoms with E-state index in [-0.39, 0.29) is 11.9 Å². The summed E-state index contributed by atoms with van der Waals surface area (Å²) in [6.07, 6.45) is 4.18. The van der Waals surface area contributed by atoms with E-state index in [1.54, 1.807) is 0 Å². The molecule has 1 aromatic carbocycles. The summed E-state index contributed by atoms with van der Waals surface area (Å²) in [4.78, 5) is 10.8. The number of hydrogen-bond donors (Lipinski definition) is 2. The maximum absolute atomic E-state index is 10.8. The van der Waals surface area contributed by atoms with Crippen molar-refractivity contribution in [1.29, 1.82) is 0 Å². The smallest absolute Gasteiger partial charge is 0.219 e. The van der Waals surface area contributed by atoms with Crippen LogP contribution in [-0.2, 0) is 4.79 Å². The number of primary amides is 1. The zero-order valence-corrected chi connectivity index (χ0v) is 7.73. The van der Waals surface area contributed by atoms with Gasteiger partial charge in [-0.25, -0.2) is 0 Å². The van der Waals surface area contributed by atoms with Crippen LogP contribution in [0.2, 0.25) is 0 Å². The van der Waals surface area contributed by atoms with Gasteiger partial charge in [-0.3, -0.25) is 4.79 Å². The fourth-order valence-electron chi connectivity index (χ4n) is 1.69. The van der Waals surface area contributed by atoms with Crippen molar-refractivity contribution in [3.8, 4) is 0 Å². The molecule has 0 bridgehead atoms. The molecule has 1 aliphatic rings. The van der Waals surface area contributed by atoms with Gasteiger partial charge in [0.2, 0.25) is 5.91 Å². The fraction of sp³-hybridized carbons (Fsp3) is 0.182. The molecule has 1 atom stereocenters. The SMILES string of the molecule is NC(=O)CC1NC=Cc2ccccc21. The lowest BCUT2D eigenvalue weighted by Crippen LogP contribution is -2.25. The quantitative estimate of drug-likeness (QED) is 0.732. The first-order valence-electron chi connectivity index (χ1n) is 4.57. The van der Waals surface area contributed by atoms with Crippen LogP contribution in [0.15, 0.2) is 30.5 Å². The summed E-state index contributed by atoms with van der Waals surface area (Å²) in [6.45, 7) is 0. The summed E-state index contributed by atoms with van der Waals surface area (Å²) in [5.41, 5.74) is 7.46. The van der Waals surface area contributed by atoms with Crippen LogP contribution in [0.4, 0.5) is 0 Å². The molecule has 1 aliphatic heterocycles. The Hall–Kier alpha value is -1.77. The minimum absolute atomic E-state index is 0.0219. The molecule has 14 heavy (non-hydrogen) atoms. The van der Waals surface area contributed by atoms with Crippen molar-refractivity contribution in [3.63, 3.8) is 0 Å². The fourth-order valence-corrected chi connectivity index (χ4v) is 1.69. The predicted molar refractivity (Wildman–Crippen MR) is 55.2 cm³/mol. The number of carbonyl (C=O) groups excluding carboxylic acids is 1. The second kappa shape index (κ2) is 3.54. The van der Waals surface area contributed by atoms with Crippen molar-refractivity contribution in [1.82, 2.24) is 5.32 Å². The molecule has 3 N–H and O–H groups in total. The average molecular weight is 188 g/mol. The Morgan fingerprint density at radius 1 is 1.43 bits per heavy atom. The maximum atomic E-state index is 10.8. The van der Waals surface area contributed by atoms with Crippen molar-refractivity contribution in [2.24, 2.45) is 5.73 Å². The molecule has 0 aromatic heterocycles. The monoisotopic (exact) mass is 188 g/mol. The summed E-state index contributed by atoms with van der Waals surface area (Å²) in [7, 11) is 0. The molecule has 0 saturated heterocycles. The Kier molecular flexibility index (Phi) is 2.23. The molecule has 1 amide bonds. The summed E-state index contributed by atoms with van der Waals surface area (Å²) < 4.78 is 0. The van der Waals surface area contributed by atoms with Crippen molar-refractivity contribution < 1.29 is 4.79 Å². The van der Waals surface area contributed by atoms with E-state index in [4.69, 9.17) is 5.73 Å². The van der Waals surface area contributed by atoms with Gasteiger partial charge in [-0.05, 0) is 23.4 Å². The van der Waals surface area contributed by atoms with Gasteiger partial charge >= 0.3 is 0 Å². The van der Waals surface area contributed by atoms with Crippen LogP contribution in [0.5, 0.6) is 0 Å². The van der Waals surface area contributed by atoms with Crippen LogP contribution in [0, 0.1) is 0 Å². The van der Waals surface area contributed by atoms with E-state index >= 15 is 0 Å². The standard InChI is InChI=1S/C11H12N2O/c12-11(14)7-10-9-4-2-1-3-8(9)5-6-13-10/h1-6,10,13H,7H2,(H2,12,14). The number of benzene rings is 1. The Morgan fingerprint density at radius 3 is 3.00 bits per heavy atom. The van der Waals surface area contributed by atoms with Gasteiger partial charge in [0, 0.05) is 0 Å². The number of carbonyl (C=O) groups is 1. The van der Waals surface area contributed by atoms with Gasteiger partial charge in [0.1, 0.15) is 0 Å². The largest absolute Gasteiger partial charge is 0.384 e. The Bertz CT molecular complexity index is 385. The van der Waals surface area contributed by atoms with Crippen LogP contribution in [-0.4, -0.2) is 5.91 Å². The summed E-state index contributed by atoms with van der Waals surface area (Å²) >= 11 is 0. The van der Waals surface area contributed by atoms with Crippen molar-refractivity contribution in [2.45, 2.75) is 12.5 Å². The van der Waals surface area contributed by atoms with E-state index < -0.39 is 0 Å². The second-order valence-corrected chi connectivity index (χ2v) is 3.35. The number of fused-ring (bicyclic) bond motifs is 1. The number of rotatable bonds is 2. The van der Waals surface area contributed by atoms with E-state index in [2.05, 4.69) is 5.32 Å². The lowest BCUT2D eigenvalue weighted by atomic mass is 9.95. The molecule has 0 aliphatic carbocycles. The molecule has 0 radical (unpaired) electrons.